The van der Waals surface area contributed by atoms with E-state index in [0.29, 0.717) is 6.54 Å². The Morgan fingerprint density at radius 1 is 1.26 bits per heavy atom. The summed E-state index contributed by atoms with van der Waals surface area (Å²) in [5, 5.41) is 2.50. The van der Waals surface area contributed by atoms with Crippen LogP contribution in [0.15, 0.2) is 11.7 Å². The minimum atomic E-state index is -0.614. The van der Waals surface area contributed by atoms with Crippen LogP contribution in [0, 0.1) is 0 Å². The van der Waals surface area contributed by atoms with Gasteiger partial charge in [0, 0.05) is 11.1 Å². The van der Waals surface area contributed by atoms with Crippen molar-refractivity contribution in [2.75, 3.05) is 0 Å². The van der Waals surface area contributed by atoms with Crippen LogP contribution in [0.1, 0.15) is 43.4 Å². The van der Waals surface area contributed by atoms with Crippen LogP contribution in [0.3, 0.4) is 0 Å². The van der Waals surface area contributed by atoms with Crippen molar-refractivity contribution in [1.82, 2.24) is 15.2 Å². The van der Waals surface area contributed by atoms with Gasteiger partial charge in [-0.2, -0.15) is 0 Å². The summed E-state index contributed by atoms with van der Waals surface area (Å²) in [6, 6.07) is -0.250. The average Bonchev–Trinajstić information content (AvgIpc) is 2.87. The maximum Gasteiger partial charge on any atom is 0.325 e. The summed E-state index contributed by atoms with van der Waals surface area (Å²) < 4.78 is 0. The second-order valence-electron chi connectivity index (χ2n) is 5.26. The van der Waals surface area contributed by atoms with Crippen LogP contribution in [0.25, 0.3) is 0 Å². The Balaban J connectivity index is 1.89. The fourth-order valence-electron chi connectivity index (χ4n) is 3.11. The Labute approximate surface area is 116 Å². The van der Waals surface area contributed by atoms with Crippen molar-refractivity contribution in [2.45, 2.75) is 50.6 Å². The lowest BCUT2D eigenvalue weighted by atomic mass is 9.88. The first-order valence-corrected chi connectivity index (χ1v) is 7.61. The molecule has 1 saturated heterocycles. The monoisotopic (exact) mass is 279 g/mol. The summed E-state index contributed by atoms with van der Waals surface area (Å²) in [4.78, 5) is 31.1. The van der Waals surface area contributed by atoms with E-state index in [2.05, 4.69) is 10.3 Å². The molecule has 2 aliphatic rings. The molecule has 0 aromatic carbocycles. The van der Waals surface area contributed by atoms with Crippen molar-refractivity contribution < 1.29 is 9.59 Å². The van der Waals surface area contributed by atoms with E-state index in [9.17, 15) is 9.59 Å². The fraction of sp³-hybridized carbons (Fsp3) is 0.615. The SMILES string of the molecule is O=C1NC(=O)C2(CCCCCC2)N1Cc1cncs1. The number of amides is 3. The molecule has 6 heteroatoms. The average molecular weight is 279 g/mol. The predicted molar refractivity (Wildman–Crippen MR) is 71.6 cm³/mol. The number of carbonyl (C=O) groups is 2. The topological polar surface area (TPSA) is 62.3 Å². The number of urea groups is 1. The molecular formula is C13H17N3O2S. The maximum atomic E-state index is 12.3. The van der Waals surface area contributed by atoms with Gasteiger partial charge < -0.3 is 4.90 Å². The van der Waals surface area contributed by atoms with Crippen molar-refractivity contribution in [3.8, 4) is 0 Å². The Bertz CT molecular complexity index is 478. The summed E-state index contributed by atoms with van der Waals surface area (Å²) in [6.07, 6.45) is 7.66. The molecule has 3 amide bonds. The molecule has 0 radical (unpaired) electrons. The first-order valence-electron chi connectivity index (χ1n) is 6.73. The van der Waals surface area contributed by atoms with Gasteiger partial charge >= 0.3 is 6.03 Å². The van der Waals surface area contributed by atoms with Crippen molar-refractivity contribution in [3.05, 3.63) is 16.6 Å². The van der Waals surface area contributed by atoms with Gasteiger partial charge in [0.2, 0.25) is 0 Å². The molecule has 0 unspecified atom stereocenters. The molecule has 1 aliphatic heterocycles. The molecule has 5 nitrogen and oxygen atoms in total. The summed E-state index contributed by atoms with van der Waals surface area (Å²) >= 11 is 1.52. The quantitative estimate of drug-likeness (QED) is 0.845. The Morgan fingerprint density at radius 2 is 2.00 bits per heavy atom. The molecule has 2 heterocycles. The number of nitrogens with zero attached hydrogens (tertiary/aromatic N) is 2. The van der Waals surface area contributed by atoms with E-state index < -0.39 is 5.54 Å². The van der Waals surface area contributed by atoms with Gasteiger partial charge in [0.05, 0.1) is 12.1 Å². The first-order chi connectivity index (χ1) is 9.22. The lowest BCUT2D eigenvalue weighted by Gasteiger charge is -2.34. The van der Waals surface area contributed by atoms with E-state index >= 15 is 0 Å². The molecule has 3 rings (SSSR count). The summed E-state index contributed by atoms with van der Waals surface area (Å²) in [5.41, 5.74) is 1.14. The van der Waals surface area contributed by atoms with Crippen LogP contribution in [-0.4, -0.2) is 27.4 Å². The van der Waals surface area contributed by atoms with Crippen LogP contribution >= 0.6 is 11.3 Å². The minimum Gasteiger partial charge on any atom is -0.305 e. The molecule has 19 heavy (non-hydrogen) atoms. The zero-order valence-corrected chi connectivity index (χ0v) is 11.5. The number of thiazole rings is 1. The van der Waals surface area contributed by atoms with E-state index in [4.69, 9.17) is 0 Å². The largest absolute Gasteiger partial charge is 0.325 e. The van der Waals surface area contributed by atoms with Gasteiger partial charge in [0.1, 0.15) is 5.54 Å². The van der Waals surface area contributed by atoms with E-state index in [1.54, 1.807) is 16.6 Å². The molecule has 102 valence electrons. The molecule has 1 aliphatic carbocycles. The van der Waals surface area contributed by atoms with Gasteiger partial charge in [-0.3, -0.25) is 15.1 Å². The van der Waals surface area contributed by atoms with Gasteiger partial charge in [-0.25, -0.2) is 4.79 Å². The Morgan fingerprint density at radius 3 is 2.63 bits per heavy atom. The molecule has 1 spiro atoms. The third-order valence-corrected chi connectivity index (χ3v) is 4.90. The van der Waals surface area contributed by atoms with Crippen molar-refractivity contribution in [3.63, 3.8) is 0 Å². The standard InChI is InChI=1S/C13H17N3O2S/c17-11-13(5-3-1-2-4-6-13)16(12(18)15-11)8-10-7-14-9-19-10/h7,9H,1-6,8H2,(H,15,17,18). The first kappa shape index (κ1) is 12.6. The highest BCUT2D eigenvalue weighted by Gasteiger charge is 2.52. The summed E-state index contributed by atoms with van der Waals surface area (Å²) in [7, 11) is 0. The van der Waals surface area contributed by atoms with Gasteiger partial charge in [-0.15, -0.1) is 11.3 Å². The second kappa shape index (κ2) is 4.92. The van der Waals surface area contributed by atoms with Crippen LogP contribution in [0.4, 0.5) is 4.79 Å². The molecule has 2 fully saturated rings. The van der Waals surface area contributed by atoms with Crippen LogP contribution in [0.2, 0.25) is 0 Å². The molecule has 1 aromatic heterocycles. The zero-order valence-electron chi connectivity index (χ0n) is 10.7. The number of imide groups is 1. The maximum absolute atomic E-state index is 12.3. The molecule has 1 N–H and O–H groups in total. The third-order valence-electron chi connectivity index (χ3n) is 4.13. The number of carbonyl (C=O) groups excluding carboxylic acids is 2. The third kappa shape index (κ3) is 2.14. The van der Waals surface area contributed by atoms with Crippen molar-refractivity contribution in [2.24, 2.45) is 0 Å². The van der Waals surface area contributed by atoms with Gasteiger partial charge in [0.15, 0.2) is 0 Å². The second-order valence-corrected chi connectivity index (χ2v) is 6.23. The molecule has 1 aromatic rings. The number of aromatic nitrogens is 1. The molecule has 1 saturated carbocycles. The van der Waals surface area contributed by atoms with Gasteiger partial charge in [0.25, 0.3) is 5.91 Å². The molecular weight excluding hydrogens is 262 g/mol. The molecule has 0 atom stereocenters. The Hall–Kier alpha value is -1.43. The van der Waals surface area contributed by atoms with Gasteiger partial charge in [-0.05, 0) is 12.8 Å². The number of rotatable bonds is 2. The highest BCUT2D eigenvalue weighted by atomic mass is 32.1. The number of hydrogen-bond donors (Lipinski definition) is 1. The fourth-order valence-corrected chi connectivity index (χ4v) is 3.69. The zero-order chi connectivity index (χ0) is 13.3. The highest BCUT2D eigenvalue weighted by Crippen LogP contribution is 2.37. The van der Waals surface area contributed by atoms with E-state index in [0.717, 1.165) is 43.4 Å². The van der Waals surface area contributed by atoms with Crippen LogP contribution in [-0.2, 0) is 11.3 Å². The Kier molecular flexibility index (Phi) is 3.26. The van der Waals surface area contributed by atoms with Crippen molar-refractivity contribution in [1.29, 1.82) is 0 Å². The van der Waals surface area contributed by atoms with Crippen LogP contribution in [0.5, 0.6) is 0 Å². The lowest BCUT2D eigenvalue weighted by Crippen LogP contribution is -2.48. The summed E-state index contributed by atoms with van der Waals surface area (Å²) in [6.45, 7) is 0.488. The smallest absolute Gasteiger partial charge is 0.305 e. The van der Waals surface area contributed by atoms with Crippen LogP contribution < -0.4 is 5.32 Å². The van der Waals surface area contributed by atoms with Crippen molar-refractivity contribution >= 4 is 23.3 Å². The number of nitrogens with one attached hydrogen (secondary N) is 1. The highest BCUT2D eigenvalue weighted by molar-refractivity contribution is 7.09. The summed E-state index contributed by atoms with van der Waals surface area (Å²) in [5.74, 6) is -0.107. The van der Waals surface area contributed by atoms with E-state index in [1.807, 2.05) is 0 Å². The van der Waals surface area contributed by atoms with E-state index in [1.165, 1.54) is 11.3 Å². The number of hydrogen-bond acceptors (Lipinski definition) is 4. The predicted octanol–water partition coefficient (Wildman–Crippen LogP) is 2.29. The normalized spacial score (nSPS) is 22.6. The molecule has 0 bridgehead atoms. The van der Waals surface area contributed by atoms with Gasteiger partial charge in [-0.1, -0.05) is 25.7 Å². The lowest BCUT2D eigenvalue weighted by molar-refractivity contribution is -0.127. The minimum absolute atomic E-state index is 0.107. The van der Waals surface area contributed by atoms with E-state index in [-0.39, 0.29) is 11.9 Å².